The van der Waals surface area contributed by atoms with Gasteiger partial charge in [0.2, 0.25) is 0 Å². The Morgan fingerprint density at radius 1 is 1.10 bits per heavy atom. The van der Waals surface area contributed by atoms with Gasteiger partial charge in [0.15, 0.2) is 5.78 Å². The molecule has 0 radical (unpaired) electrons. The van der Waals surface area contributed by atoms with Crippen molar-refractivity contribution in [2.75, 3.05) is 7.11 Å². The van der Waals surface area contributed by atoms with Crippen molar-refractivity contribution in [2.45, 2.75) is 32.1 Å². The smallest absolute Gasteiger partial charge is 0.164 e. The molecule has 0 spiro atoms. The topological polar surface area (TPSA) is 26.3 Å². The van der Waals surface area contributed by atoms with E-state index in [1.54, 1.807) is 7.11 Å². The van der Waals surface area contributed by atoms with E-state index in [2.05, 4.69) is 38.1 Å². The van der Waals surface area contributed by atoms with E-state index in [-0.39, 0.29) is 11.7 Å². The summed E-state index contributed by atoms with van der Waals surface area (Å²) in [7, 11) is 1.66. The maximum atomic E-state index is 12.2. The first kappa shape index (κ1) is 13.9. The van der Waals surface area contributed by atoms with Crippen LogP contribution in [0, 0.1) is 0 Å². The molecule has 1 aliphatic rings. The van der Waals surface area contributed by atoms with Crippen LogP contribution in [0.25, 0.3) is 0 Å². The van der Waals surface area contributed by atoms with E-state index in [0.717, 1.165) is 11.3 Å². The molecule has 21 heavy (non-hydrogen) atoms. The molecule has 0 saturated heterocycles. The normalized spacial score (nSPS) is 17.1. The molecule has 3 rings (SSSR count). The van der Waals surface area contributed by atoms with Crippen LogP contribution in [0.3, 0.4) is 0 Å². The highest BCUT2D eigenvalue weighted by Crippen LogP contribution is 2.39. The van der Waals surface area contributed by atoms with Crippen molar-refractivity contribution in [3.05, 3.63) is 64.7 Å². The molecule has 2 heteroatoms. The molecule has 0 heterocycles. The van der Waals surface area contributed by atoms with Crippen molar-refractivity contribution in [1.29, 1.82) is 0 Å². The molecule has 0 saturated carbocycles. The van der Waals surface area contributed by atoms with Crippen molar-refractivity contribution in [3.8, 4) is 5.75 Å². The van der Waals surface area contributed by atoms with Gasteiger partial charge in [-0.15, -0.1) is 0 Å². The monoisotopic (exact) mass is 280 g/mol. The van der Waals surface area contributed by atoms with Gasteiger partial charge in [0.25, 0.3) is 0 Å². The van der Waals surface area contributed by atoms with Crippen LogP contribution < -0.4 is 4.74 Å². The van der Waals surface area contributed by atoms with Gasteiger partial charge in [-0.1, -0.05) is 44.2 Å². The fourth-order valence-electron chi connectivity index (χ4n) is 3.02. The lowest BCUT2D eigenvalue weighted by Gasteiger charge is -2.14. The number of ketones is 1. The molecule has 2 aromatic rings. The lowest BCUT2D eigenvalue weighted by molar-refractivity contribution is 0.0991. The molecule has 1 aliphatic carbocycles. The van der Waals surface area contributed by atoms with E-state index in [1.165, 1.54) is 16.7 Å². The number of fused-ring (bicyclic) bond motifs is 1. The molecule has 0 amide bonds. The van der Waals surface area contributed by atoms with E-state index >= 15 is 0 Å². The molecule has 108 valence electrons. The number of methoxy groups -OCH3 is 1. The Kier molecular flexibility index (Phi) is 3.54. The Bertz CT molecular complexity index is 668. The molecule has 0 aromatic heterocycles. The van der Waals surface area contributed by atoms with E-state index < -0.39 is 0 Å². The summed E-state index contributed by atoms with van der Waals surface area (Å²) in [6.07, 6.45) is 0.573. The summed E-state index contributed by atoms with van der Waals surface area (Å²) in [6, 6.07) is 14.3. The highest BCUT2D eigenvalue weighted by Gasteiger charge is 2.30. The molecule has 0 fully saturated rings. The van der Waals surface area contributed by atoms with Gasteiger partial charge >= 0.3 is 0 Å². The van der Waals surface area contributed by atoms with Gasteiger partial charge in [-0.25, -0.2) is 0 Å². The number of carbonyl (C=O) groups is 1. The molecule has 2 nitrogen and oxygen atoms in total. The molecule has 0 bridgehead atoms. The summed E-state index contributed by atoms with van der Waals surface area (Å²) in [6.45, 7) is 4.36. The van der Waals surface area contributed by atoms with Crippen LogP contribution in [-0.2, 0) is 0 Å². The number of ether oxygens (including phenoxy) is 1. The van der Waals surface area contributed by atoms with Gasteiger partial charge in [0.1, 0.15) is 5.75 Å². The number of hydrogen-bond acceptors (Lipinski definition) is 2. The van der Waals surface area contributed by atoms with Gasteiger partial charge in [-0.3, -0.25) is 4.79 Å². The second-order valence-electron chi connectivity index (χ2n) is 5.95. The van der Waals surface area contributed by atoms with E-state index in [4.69, 9.17) is 4.74 Å². The summed E-state index contributed by atoms with van der Waals surface area (Å²) in [5.74, 6) is 1.75. The van der Waals surface area contributed by atoms with E-state index in [1.807, 2.05) is 18.2 Å². The van der Waals surface area contributed by atoms with Crippen LogP contribution in [0.15, 0.2) is 42.5 Å². The SMILES string of the molecule is COc1ccc(C2CC(=O)c3ccc(C(C)C)cc32)cc1. The Labute approximate surface area is 125 Å². The second kappa shape index (κ2) is 5.36. The first-order valence-electron chi connectivity index (χ1n) is 7.41. The van der Waals surface area contributed by atoms with Crippen LogP contribution >= 0.6 is 0 Å². The molecule has 2 aromatic carbocycles. The minimum Gasteiger partial charge on any atom is -0.497 e. The number of hydrogen-bond donors (Lipinski definition) is 0. The zero-order chi connectivity index (χ0) is 15.0. The van der Waals surface area contributed by atoms with Gasteiger partial charge < -0.3 is 4.74 Å². The van der Waals surface area contributed by atoms with Gasteiger partial charge in [-0.05, 0) is 34.7 Å². The van der Waals surface area contributed by atoms with E-state index in [9.17, 15) is 4.79 Å². The largest absolute Gasteiger partial charge is 0.497 e. The average Bonchev–Trinajstić information content (AvgIpc) is 2.84. The summed E-state index contributed by atoms with van der Waals surface area (Å²) in [5, 5.41) is 0. The number of Topliss-reactive ketones (excluding diaryl/α,β-unsaturated/α-hetero) is 1. The molecule has 0 N–H and O–H groups in total. The van der Waals surface area contributed by atoms with Crippen molar-refractivity contribution < 1.29 is 9.53 Å². The molecule has 1 unspecified atom stereocenters. The Balaban J connectivity index is 2.03. The van der Waals surface area contributed by atoms with Crippen molar-refractivity contribution >= 4 is 5.78 Å². The maximum absolute atomic E-state index is 12.2. The predicted octanol–water partition coefficient (Wildman–Crippen LogP) is 4.54. The standard InChI is InChI=1S/C19H20O2/c1-12(2)14-6-9-16-18(10-14)17(11-19(16)20)13-4-7-15(21-3)8-5-13/h4-10,12,17H,11H2,1-3H3. The summed E-state index contributed by atoms with van der Waals surface area (Å²) < 4.78 is 5.21. The quantitative estimate of drug-likeness (QED) is 0.825. The van der Waals surface area contributed by atoms with Crippen LogP contribution in [0.5, 0.6) is 5.75 Å². The van der Waals surface area contributed by atoms with Crippen molar-refractivity contribution in [3.63, 3.8) is 0 Å². The molecular weight excluding hydrogens is 260 g/mol. The lowest BCUT2D eigenvalue weighted by Crippen LogP contribution is -1.98. The second-order valence-corrected chi connectivity index (χ2v) is 5.95. The molecule has 1 atom stereocenters. The number of benzene rings is 2. The summed E-state index contributed by atoms with van der Waals surface area (Å²) >= 11 is 0. The van der Waals surface area contributed by atoms with Crippen LogP contribution in [-0.4, -0.2) is 12.9 Å². The Hall–Kier alpha value is -2.09. The summed E-state index contributed by atoms with van der Waals surface area (Å²) in [4.78, 5) is 12.2. The molecular formula is C19H20O2. The predicted molar refractivity (Wildman–Crippen MR) is 84.3 cm³/mol. The Morgan fingerprint density at radius 3 is 2.43 bits per heavy atom. The third kappa shape index (κ3) is 2.46. The fourth-order valence-corrected chi connectivity index (χ4v) is 3.02. The lowest BCUT2D eigenvalue weighted by atomic mass is 9.90. The minimum absolute atomic E-state index is 0.178. The highest BCUT2D eigenvalue weighted by atomic mass is 16.5. The van der Waals surface area contributed by atoms with Gasteiger partial charge in [0, 0.05) is 17.9 Å². The maximum Gasteiger partial charge on any atom is 0.164 e. The number of rotatable bonds is 3. The van der Waals surface area contributed by atoms with Gasteiger partial charge in [0.05, 0.1) is 7.11 Å². The third-order valence-corrected chi connectivity index (χ3v) is 4.33. The first-order valence-corrected chi connectivity index (χ1v) is 7.41. The summed E-state index contributed by atoms with van der Waals surface area (Å²) in [5.41, 5.74) is 4.54. The van der Waals surface area contributed by atoms with E-state index in [0.29, 0.717) is 12.3 Å². The Morgan fingerprint density at radius 2 is 1.81 bits per heavy atom. The average molecular weight is 280 g/mol. The van der Waals surface area contributed by atoms with Crippen molar-refractivity contribution in [1.82, 2.24) is 0 Å². The third-order valence-electron chi connectivity index (χ3n) is 4.33. The molecule has 0 aliphatic heterocycles. The zero-order valence-corrected chi connectivity index (χ0v) is 12.7. The van der Waals surface area contributed by atoms with Gasteiger partial charge in [-0.2, -0.15) is 0 Å². The number of carbonyl (C=O) groups excluding carboxylic acids is 1. The first-order chi connectivity index (χ1) is 10.1. The van der Waals surface area contributed by atoms with Crippen LogP contribution in [0.1, 0.15) is 59.2 Å². The zero-order valence-electron chi connectivity index (χ0n) is 12.7. The van der Waals surface area contributed by atoms with Crippen molar-refractivity contribution in [2.24, 2.45) is 0 Å². The fraction of sp³-hybridized carbons (Fsp3) is 0.316. The van der Waals surface area contributed by atoms with Crippen LogP contribution in [0.2, 0.25) is 0 Å². The highest BCUT2D eigenvalue weighted by molar-refractivity contribution is 6.02. The van der Waals surface area contributed by atoms with Crippen LogP contribution in [0.4, 0.5) is 0 Å². The minimum atomic E-state index is 0.178.